The second-order valence-corrected chi connectivity index (χ2v) is 9.95. The predicted molar refractivity (Wildman–Crippen MR) is 113 cm³/mol. The molecule has 1 aromatic carbocycles. The number of hydrogen-bond acceptors (Lipinski definition) is 4. The van der Waals surface area contributed by atoms with Crippen LogP contribution in [0.4, 0.5) is 18.9 Å². The third-order valence-electron chi connectivity index (χ3n) is 7.80. The van der Waals surface area contributed by atoms with Crippen molar-refractivity contribution in [2.45, 2.75) is 69.4 Å². The first-order chi connectivity index (χ1) is 15.6. The Bertz CT molecular complexity index is 942. The van der Waals surface area contributed by atoms with Gasteiger partial charge in [0.05, 0.1) is 41.8 Å². The molecule has 0 saturated carbocycles. The van der Waals surface area contributed by atoms with Crippen LogP contribution in [0.1, 0.15) is 49.7 Å². The lowest BCUT2D eigenvalue weighted by Gasteiger charge is -2.40. The molecule has 180 valence electrons. The number of nitrogens with zero attached hydrogens (tertiary/aromatic N) is 1. The first-order valence-electron chi connectivity index (χ1n) is 11.7. The van der Waals surface area contributed by atoms with Crippen molar-refractivity contribution >= 4 is 17.5 Å². The van der Waals surface area contributed by atoms with Crippen molar-refractivity contribution < 1.29 is 32.2 Å². The number of fused-ring (bicyclic) bond motifs is 2. The fraction of sp³-hybridized carbons (Fsp3) is 0.667. The number of ether oxygens (including phenoxy) is 2. The number of carbonyl (C=O) groups excluding carboxylic acids is 2. The molecule has 4 aliphatic heterocycles. The summed E-state index contributed by atoms with van der Waals surface area (Å²) in [6.45, 7) is 3.04. The number of hydrogen-bond donors (Lipinski definition) is 1. The lowest BCUT2D eigenvalue weighted by atomic mass is 9.83. The van der Waals surface area contributed by atoms with Crippen molar-refractivity contribution in [3.05, 3.63) is 29.3 Å². The van der Waals surface area contributed by atoms with Crippen molar-refractivity contribution in [2.75, 3.05) is 25.0 Å². The zero-order valence-electron chi connectivity index (χ0n) is 18.6. The van der Waals surface area contributed by atoms with Gasteiger partial charge < -0.3 is 19.7 Å². The molecule has 1 aromatic rings. The van der Waals surface area contributed by atoms with Gasteiger partial charge in [-0.25, -0.2) is 0 Å². The van der Waals surface area contributed by atoms with E-state index in [0.717, 1.165) is 31.4 Å². The van der Waals surface area contributed by atoms with Gasteiger partial charge in [-0.15, -0.1) is 0 Å². The van der Waals surface area contributed by atoms with Crippen LogP contribution in [-0.2, 0) is 25.2 Å². The van der Waals surface area contributed by atoms with E-state index in [2.05, 4.69) is 5.32 Å². The Kier molecular flexibility index (Phi) is 5.68. The lowest BCUT2D eigenvalue weighted by Crippen LogP contribution is -2.49. The summed E-state index contributed by atoms with van der Waals surface area (Å²) in [6.07, 6.45) is 0.670. The number of rotatable bonds is 3. The minimum atomic E-state index is -4.42. The Morgan fingerprint density at radius 3 is 2.55 bits per heavy atom. The Morgan fingerprint density at radius 2 is 1.94 bits per heavy atom. The highest BCUT2D eigenvalue weighted by atomic mass is 19.4. The number of carbonyl (C=O) groups is 2. The van der Waals surface area contributed by atoms with Gasteiger partial charge in [0.2, 0.25) is 11.8 Å². The molecule has 0 aromatic heterocycles. The summed E-state index contributed by atoms with van der Waals surface area (Å²) in [5.41, 5.74) is -0.413. The third kappa shape index (κ3) is 4.37. The van der Waals surface area contributed by atoms with Gasteiger partial charge >= 0.3 is 6.18 Å². The molecule has 1 unspecified atom stereocenters. The van der Waals surface area contributed by atoms with Gasteiger partial charge in [-0.05, 0) is 69.2 Å². The quantitative estimate of drug-likeness (QED) is 0.734. The third-order valence-corrected chi connectivity index (χ3v) is 7.80. The molecule has 2 bridgehead atoms. The van der Waals surface area contributed by atoms with E-state index in [1.54, 1.807) is 6.92 Å². The van der Waals surface area contributed by atoms with Crippen LogP contribution >= 0.6 is 0 Å². The zero-order chi connectivity index (χ0) is 23.4. The first kappa shape index (κ1) is 22.7. The average Bonchev–Trinajstić information content (AvgIpc) is 3.51. The number of benzene rings is 1. The van der Waals surface area contributed by atoms with Crippen LogP contribution in [0, 0.1) is 18.8 Å². The highest BCUT2D eigenvalue weighted by molar-refractivity contribution is 5.93. The average molecular weight is 467 g/mol. The molecule has 4 atom stereocenters. The number of nitrogens with one attached hydrogen (secondary N) is 1. The molecule has 33 heavy (non-hydrogen) atoms. The minimum Gasteiger partial charge on any atom is -0.374 e. The van der Waals surface area contributed by atoms with E-state index in [1.807, 2.05) is 4.90 Å². The first-order valence-corrected chi connectivity index (χ1v) is 11.7. The molecule has 4 heterocycles. The summed E-state index contributed by atoms with van der Waals surface area (Å²) < 4.78 is 50.6. The summed E-state index contributed by atoms with van der Waals surface area (Å²) in [5.74, 6) is -0.449. The second-order valence-electron chi connectivity index (χ2n) is 9.95. The van der Waals surface area contributed by atoms with E-state index in [1.165, 1.54) is 6.07 Å². The fourth-order valence-corrected chi connectivity index (χ4v) is 5.84. The molecule has 4 fully saturated rings. The molecule has 4 saturated heterocycles. The molecule has 0 radical (unpaired) electrons. The number of aryl methyl sites for hydroxylation is 1. The normalized spacial score (nSPS) is 30.7. The molecule has 2 amide bonds. The van der Waals surface area contributed by atoms with E-state index in [4.69, 9.17) is 9.47 Å². The molecule has 6 nitrogen and oxygen atoms in total. The van der Waals surface area contributed by atoms with Gasteiger partial charge in [0.1, 0.15) is 0 Å². The van der Waals surface area contributed by atoms with Gasteiger partial charge in [-0.3, -0.25) is 9.59 Å². The lowest BCUT2D eigenvalue weighted by molar-refractivity contribution is -0.142. The highest BCUT2D eigenvalue weighted by Gasteiger charge is 2.49. The fourth-order valence-electron chi connectivity index (χ4n) is 5.84. The molecule has 0 aliphatic carbocycles. The molecule has 9 heteroatoms. The maximum absolute atomic E-state index is 13.0. The summed E-state index contributed by atoms with van der Waals surface area (Å²) in [4.78, 5) is 27.7. The van der Waals surface area contributed by atoms with Crippen LogP contribution in [0.3, 0.4) is 0 Å². The number of piperidine rings is 1. The van der Waals surface area contributed by atoms with E-state index < -0.39 is 17.3 Å². The van der Waals surface area contributed by atoms with Gasteiger partial charge in [0.25, 0.3) is 0 Å². The van der Waals surface area contributed by atoms with Gasteiger partial charge in [0, 0.05) is 18.8 Å². The van der Waals surface area contributed by atoms with Crippen molar-refractivity contribution in [3.8, 4) is 0 Å². The Morgan fingerprint density at radius 1 is 1.18 bits per heavy atom. The summed E-state index contributed by atoms with van der Waals surface area (Å²) in [6, 6.07) is 3.31. The molecule has 1 spiro atoms. The Hall–Kier alpha value is -2.13. The summed E-state index contributed by atoms with van der Waals surface area (Å²) in [7, 11) is 0. The highest BCUT2D eigenvalue weighted by Crippen LogP contribution is 2.42. The molecular weight excluding hydrogens is 437 g/mol. The molecule has 1 N–H and O–H groups in total. The molecule has 5 rings (SSSR count). The molecule has 4 aliphatic rings. The number of alkyl halides is 3. The number of amides is 2. The van der Waals surface area contributed by atoms with E-state index in [9.17, 15) is 22.8 Å². The topological polar surface area (TPSA) is 67.9 Å². The number of anilines is 1. The maximum atomic E-state index is 13.0. The number of likely N-dealkylation sites (tertiary alicyclic amines) is 1. The van der Waals surface area contributed by atoms with Crippen LogP contribution in [-0.4, -0.2) is 54.2 Å². The van der Waals surface area contributed by atoms with E-state index >= 15 is 0 Å². The van der Waals surface area contributed by atoms with Crippen molar-refractivity contribution in [1.29, 1.82) is 0 Å². The Labute approximate surface area is 190 Å². The SMILES string of the molecule is Cc1cc(C(F)(F)F)ccc1NC(=O)[C@@H]1COC2(CCN(C(=O)C3C[C@H]4CC[C@H]3O4)CC2)C1. The summed E-state index contributed by atoms with van der Waals surface area (Å²) in [5, 5.41) is 2.77. The van der Waals surface area contributed by atoms with Crippen molar-refractivity contribution in [2.24, 2.45) is 11.8 Å². The van der Waals surface area contributed by atoms with Crippen molar-refractivity contribution in [3.63, 3.8) is 0 Å². The van der Waals surface area contributed by atoms with E-state index in [0.29, 0.717) is 43.6 Å². The smallest absolute Gasteiger partial charge is 0.374 e. The molecular formula is C24H29F3N2O4. The maximum Gasteiger partial charge on any atom is 0.416 e. The minimum absolute atomic E-state index is 0.0206. The largest absolute Gasteiger partial charge is 0.416 e. The summed E-state index contributed by atoms with van der Waals surface area (Å²) >= 11 is 0. The van der Waals surface area contributed by atoms with Crippen LogP contribution in [0.15, 0.2) is 18.2 Å². The van der Waals surface area contributed by atoms with Crippen LogP contribution in [0.25, 0.3) is 0 Å². The van der Waals surface area contributed by atoms with Crippen LogP contribution in [0.2, 0.25) is 0 Å². The van der Waals surface area contributed by atoms with Crippen molar-refractivity contribution in [1.82, 2.24) is 4.90 Å². The predicted octanol–water partition coefficient (Wildman–Crippen LogP) is 3.92. The second kappa shape index (κ2) is 8.27. The van der Waals surface area contributed by atoms with E-state index in [-0.39, 0.29) is 42.5 Å². The monoisotopic (exact) mass is 466 g/mol. The van der Waals surface area contributed by atoms with Gasteiger partial charge in [-0.1, -0.05) is 0 Å². The standard InChI is InChI=1S/C24H29F3N2O4/c1-14-10-16(24(25,26)27)2-4-19(14)28-21(30)15-12-23(32-13-15)6-8-29(9-7-23)22(31)18-11-17-3-5-20(18)33-17/h2,4,10,15,17-18,20H,3,5-9,11-13H2,1H3,(H,28,30)/t15-,17+,18?,20+/m0/s1. The Balaban J connectivity index is 1.15. The zero-order valence-corrected chi connectivity index (χ0v) is 18.6. The van der Waals surface area contributed by atoms with Crippen LogP contribution < -0.4 is 5.32 Å². The number of halogens is 3. The van der Waals surface area contributed by atoms with Gasteiger partial charge in [0.15, 0.2) is 0 Å². The van der Waals surface area contributed by atoms with Crippen LogP contribution in [0.5, 0.6) is 0 Å². The van der Waals surface area contributed by atoms with Gasteiger partial charge in [-0.2, -0.15) is 13.2 Å².